The molecule has 3 aromatic rings. The molecule has 212 valence electrons. The van der Waals surface area contributed by atoms with Crippen LogP contribution in [0.4, 0.5) is 0 Å². The predicted octanol–water partition coefficient (Wildman–Crippen LogP) is 3.24. The molecule has 0 unspecified atom stereocenters. The third kappa shape index (κ3) is 7.33. The Morgan fingerprint density at radius 3 is 0.974 bits per heavy atom. The van der Waals surface area contributed by atoms with Gasteiger partial charge in [0.25, 0.3) is 0 Å². The molecule has 3 aromatic carbocycles. The summed E-state index contributed by atoms with van der Waals surface area (Å²) in [7, 11) is -8.98. The number of hydrogen-bond acceptors (Lipinski definition) is 6. The molecule has 0 aliphatic heterocycles. The monoisotopic (exact) mass is 593 g/mol. The maximum Gasteiger partial charge on any atom is 0.243 e. The van der Waals surface area contributed by atoms with Gasteiger partial charge in [-0.25, -0.2) is 25.3 Å². The lowest BCUT2D eigenvalue weighted by Gasteiger charge is -2.27. The molecule has 0 saturated heterocycles. The Morgan fingerprint density at radius 2 is 0.692 bits per heavy atom. The van der Waals surface area contributed by atoms with E-state index in [1.54, 1.807) is 36.4 Å². The molecule has 0 radical (unpaired) electrons. The highest BCUT2D eigenvalue weighted by Gasteiger charge is 2.29. The van der Waals surface area contributed by atoms with E-state index < -0.39 is 30.1 Å². The van der Waals surface area contributed by atoms with Crippen LogP contribution in [0.15, 0.2) is 87.5 Å². The molecule has 9 nitrogen and oxygen atoms in total. The minimum absolute atomic E-state index is 0.0428. The lowest BCUT2D eigenvalue weighted by molar-refractivity contribution is 0.344. The molecule has 0 N–H and O–H groups in total. The van der Waals surface area contributed by atoms with E-state index >= 15 is 0 Å². The fourth-order valence-corrected chi connectivity index (χ4v) is 7.48. The summed E-state index contributed by atoms with van der Waals surface area (Å²) in [6.45, 7) is 4.94. The van der Waals surface area contributed by atoms with Crippen LogP contribution in [0.5, 0.6) is 0 Å². The van der Waals surface area contributed by atoms with Gasteiger partial charge in [-0.3, -0.25) is 0 Å². The fraction of sp³-hybridized carbons (Fsp3) is 0.333. The van der Waals surface area contributed by atoms with Crippen molar-refractivity contribution in [3.8, 4) is 0 Å². The number of nitrogens with zero attached hydrogens (tertiary/aromatic N) is 3. The smallest absolute Gasteiger partial charge is 0.207 e. The van der Waals surface area contributed by atoms with Crippen LogP contribution in [0.3, 0.4) is 0 Å². The summed E-state index contributed by atoms with van der Waals surface area (Å²) < 4.78 is 82.7. The molecule has 0 bridgehead atoms. The second-order valence-corrected chi connectivity index (χ2v) is 15.5. The van der Waals surface area contributed by atoms with Crippen LogP contribution in [0.25, 0.3) is 0 Å². The van der Waals surface area contributed by atoms with E-state index in [0.717, 1.165) is 29.6 Å². The van der Waals surface area contributed by atoms with E-state index in [1.165, 1.54) is 50.5 Å². The normalized spacial score (nSPS) is 12.9. The lowest BCUT2D eigenvalue weighted by Crippen LogP contribution is -2.43. The molecule has 0 aromatic heterocycles. The van der Waals surface area contributed by atoms with Gasteiger partial charge >= 0.3 is 0 Å². The van der Waals surface area contributed by atoms with Crippen LogP contribution in [0.1, 0.15) is 16.7 Å². The number of sulfonamides is 3. The van der Waals surface area contributed by atoms with Gasteiger partial charge in [-0.1, -0.05) is 53.1 Å². The fourth-order valence-electron chi connectivity index (χ4n) is 3.74. The highest BCUT2D eigenvalue weighted by molar-refractivity contribution is 7.89. The van der Waals surface area contributed by atoms with Crippen molar-refractivity contribution in [2.75, 3.05) is 40.3 Å². The Labute approximate surface area is 232 Å². The van der Waals surface area contributed by atoms with Gasteiger partial charge < -0.3 is 0 Å². The molecule has 39 heavy (non-hydrogen) atoms. The topological polar surface area (TPSA) is 112 Å². The first-order valence-electron chi connectivity index (χ1n) is 12.3. The van der Waals surface area contributed by atoms with Crippen molar-refractivity contribution in [1.82, 2.24) is 12.9 Å². The Hall–Kier alpha value is -2.61. The molecule has 0 heterocycles. The summed E-state index contributed by atoms with van der Waals surface area (Å²) in [6, 6.07) is 19.1. The van der Waals surface area contributed by atoms with Gasteiger partial charge in [0.05, 0.1) is 14.7 Å². The van der Waals surface area contributed by atoms with Crippen LogP contribution in [0, 0.1) is 20.8 Å². The molecule has 0 atom stereocenters. The summed E-state index contributed by atoms with van der Waals surface area (Å²) in [6.07, 6.45) is 0. The molecular formula is C27H35N3O6S3. The van der Waals surface area contributed by atoms with Gasteiger partial charge in [0.1, 0.15) is 0 Å². The summed E-state index contributed by atoms with van der Waals surface area (Å²) in [5.74, 6) is 0. The summed E-state index contributed by atoms with van der Waals surface area (Å²) in [4.78, 5) is 0.251. The van der Waals surface area contributed by atoms with Crippen molar-refractivity contribution in [2.45, 2.75) is 35.5 Å². The molecular weight excluding hydrogens is 559 g/mol. The van der Waals surface area contributed by atoms with Gasteiger partial charge in [0, 0.05) is 40.3 Å². The highest BCUT2D eigenvalue weighted by atomic mass is 32.2. The first-order chi connectivity index (χ1) is 18.2. The van der Waals surface area contributed by atoms with Crippen molar-refractivity contribution in [2.24, 2.45) is 0 Å². The van der Waals surface area contributed by atoms with E-state index in [4.69, 9.17) is 0 Å². The van der Waals surface area contributed by atoms with Gasteiger partial charge in [-0.2, -0.15) is 12.9 Å². The van der Waals surface area contributed by atoms with Gasteiger partial charge in [-0.05, 0) is 57.2 Å². The average Bonchev–Trinajstić information content (AvgIpc) is 2.88. The molecule has 0 amide bonds. The van der Waals surface area contributed by atoms with E-state index in [2.05, 4.69) is 0 Å². The zero-order valence-corrected chi connectivity index (χ0v) is 25.2. The Morgan fingerprint density at radius 1 is 0.436 bits per heavy atom. The van der Waals surface area contributed by atoms with Crippen LogP contribution < -0.4 is 0 Å². The van der Waals surface area contributed by atoms with E-state index in [-0.39, 0.29) is 40.9 Å². The number of aryl methyl sites for hydroxylation is 3. The number of hydrogen-bond donors (Lipinski definition) is 0. The molecule has 0 aliphatic rings. The molecule has 3 rings (SSSR count). The van der Waals surface area contributed by atoms with Crippen molar-refractivity contribution in [1.29, 1.82) is 0 Å². The lowest BCUT2D eigenvalue weighted by atomic mass is 10.2. The van der Waals surface area contributed by atoms with Gasteiger partial charge in [-0.15, -0.1) is 0 Å². The van der Waals surface area contributed by atoms with E-state index in [0.29, 0.717) is 0 Å². The minimum atomic E-state index is -4.05. The first kappa shape index (κ1) is 30.9. The number of benzene rings is 3. The van der Waals surface area contributed by atoms with Crippen LogP contribution in [-0.2, 0) is 30.1 Å². The first-order valence-corrected chi connectivity index (χ1v) is 16.6. The van der Waals surface area contributed by atoms with Crippen LogP contribution in [0.2, 0.25) is 0 Å². The van der Waals surface area contributed by atoms with Crippen molar-refractivity contribution in [3.05, 3.63) is 89.5 Å². The standard InChI is InChI=1S/C27H35N3O6S3/c1-22-6-12-25(13-7-22)37(31,32)28(4)18-20-30(39(35,36)27-16-10-24(3)11-17-27)21-19-29(5)38(33,34)26-14-8-23(2)9-15-26/h6-17H,18-21H2,1-5H3. The highest BCUT2D eigenvalue weighted by Crippen LogP contribution is 2.20. The largest absolute Gasteiger partial charge is 0.243 e. The van der Waals surface area contributed by atoms with Crippen LogP contribution >= 0.6 is 0 Å². The molecule has 0 fully saturated rings. The van der Waals surface area contributed by atoms with Crippen molar-refractivity contribution < 1.29 is 25.3 Å². The second kappa shape index (κ2) is 12.3. The molecule has 0 saturated carbocycles. The quantitative estimate of drug-likeness (QED) is 0.319. The molecule has 0 aliphatic carbocycles. The van der Waals surface area contributed by atoms with Gasteiger partial charge in [0.15, 0.2) is 0 Å². The second-order valence-electron chi connectivity index (χ2n) is 9.50. The van der Waals surface area contributed by atoms with Crippen molar-refractivity contribution >= 4 is 30.1 Å². The molecule has 12 heteroatoms. The Kier molecular flexibility index (Phi) is 9.73. The van der Waals surface area contributed by atoms with Crippen molar-refractivity contribution in [3.63, 3.8) is 0 Å². The summed E-state index contributed by atoms with van der Waals surface area (Å²) in [5.41, 5.74) is 2.71. The summed E-state index contributed by atoms with van der Waals surface area (Å²) >= 11 is 0. The average molecular weight is 594 g/mol. The zero-order valence-electron chi connectivity index (χ0n) is 22.8. The number of likely N-dealkylation sites (N-methyl/N-ethyl adjacent to an activating group) is 2. The van der Waals surface area contributed by atoms with E-state index in [9.17, 15) is 25.3 Å². The summed E-state index contributed by atoms with van der Waals surface area (Å²) in [5, 5.41) is 0. The zero-order chi connectivity index (χ0) is 29.0. The third-order valence-electron chi connectivity index (χ3n) is 6.45. The van der Waals surface area contributed by atoms with E-state index in [1.807, 2.05) is 20.8 Å². The molecule has 0 spiro atoms. The maximum atomic E-state index is 13.6. The van der Waals surface area contributed by atoms with Gasteiger partial charge in [0.2, 0.25) is 30.1 Å². The predicted molar refractivity (Wildman–Crippen MR) is 152 cm³/mol. The Balaban J connectivity index is 1.84. The SMILES string of the molecule is Cc1ccc(S(=O)(=O)N(C)CCN(CCN(C)S(=O)(=O)c2ccc(C)cc2)S(=O)(=O)c2ccc(C)cc2)cc1. The minimum Gasteiger partial charge on any atom is -0.207 e. The number of rotatable bonds is 12. The third-order valence-corrected chi connectivity index (χ3v) is 12.1. The maximum absolute atomic E-state index is 13.6. The Bertz CT molecular complexity index is 1500. The van der Waals surface area contributed by atoms with Crippen LogP contribution in [-0.4, -0.2) is 78.4 Å².